The molecule has 0 amide bonds. The van der Waals surface area contributed by atoms with Crippen molar-refractivity contribution >= 4 is 0 Å². The number of nitrogens with zero attached hydrogens (tertiary/aromatic N) is 1. The second-order valence-electron chi connectivity index (χ2n) is 3.35. The van der Waals surface area contributed by atoms with E-state index in [1.807, 2.05) is 0 Å². The molecular formula is C8H17NO5. The van der Waals surface area contributed by atoms with Gasteiger partial charge in [0, 0.05) is 13.5 Å². The number of rotatable bonds is 3. The van der Waals surface area contributed by atoms with Gasteiger partial charge in [-0.1, -0.05) is 0 Å². The molecular weight excluding hydrogens is 190 g/mol. The molecule has 0 aromatic heterocycles. The lowest BCUT2D eigenvalue weighted by molar-refractivity contribution is -0.297. The topological polar surface area (TPSA) is 82.4 Å². The average molecular weight is 207 g/mol. The molecule has 84 valence electrons. The lowest BCUT2D eigenvalue weighted by Crippen LogP contribution is -2.54. The van der Waals surface area contributed by atoms with Crippen molar-refractivity contribution in [2.45, 2.75) is 31.0 Å². The van der Waals surface area contributed by atoms with Crippen LogP contribution >= 0.6 is 0 Å². The first-order valence-corrected chi connectivity index (χ1v) is 4.49. The lowest BCUT2D eigenvalue weighted by atomic mass is 10.0. The SMILES string of the molecule is CON(C)[C@@H]1OC(CO)[C@@H](O)C[C@@H]1O. The minimum absolute atomic E-state index is 0.170. The Labute approximate surface area is 82.6 Å². The minimum Gasteiger partial charge on any atom is -0.394 e. The molecule has 0 spiro atoms. The molecule has 3 N–H and O–H groups in total. The third kappa shape index (κ3) is 2.41. The molecule has 1 saturated heterocycles. The first-order valence-electron chi connectivity index (χ1n) is 4.49. The molecule has 0 bridgehead atoms. The summed E-state index contributed by atoms with van der Waals surface area (Å²) in [6, 6.07) is 0. The molecule has 0 aliphatic carbocycles. The van der Waals surface area contributed by atoms with E-state index in [2.05, 4.69) is 0 Å². The molecule has 0 radical (unpaired) electrons. The van der Waals surface area contributed by atoms with Crippen LogP contribution < -0.4 is 0 Å². The third-order valence-corrected chi connectivity index (χ3v) is 2.38. The molecule has 1 fully saturated rings. The fourth-order valence-electron chi connectivity index (χ4n) is 1.47. The molecule has 14 heavy (non-hydrogen) atoms. The molecule has 1 rings (SSSR count). The molecule has 0 aromatic rings. The summed E-state index contributed by atoms with van der Waals surface area (Å²) in [6.45, 7) is -0.276. The normalized spacial score (nSPS) is 39.0. The van der Waals surface area contributed by atoms with Crippen LogP contribution in [-0.2, 0) is 9.57 Å². The molecule has 4 atom stereocenters. The fourth-order valence-corrected chi connectivity index (χ4v) is 1.47. The quantitative estimate of drug-likeness (QED) is 0.479. The first kappa shape index (κ1) is 11.8. The molecule has 1 aliphatic heterocycles. The number of aliphatic hydroxyl groups is 3. The Morgan fingerprint density at radius 3 is 2.57 bits per heavy atom. The predicted octanol–water partition coefficient (Wildman–Crippen LogP) is -1.69. The van der Waals surface area contributed by atoms with Gasteiger partial charge in [0.1, 0.15) is 6.10 Å². The zero-order chi connectivity index (χ0) is 10.7. The average Bonchev–Trinajstić information content (AvgIpc) is 2.17. The van der Waals surface area contributed by atoms with E-state index in [0.717, 1.165) is 0 Å². The van der Waals surface area contributed by atoms with Gasteiger partial charge in [0.2, 0.25) is 0 Å². The Morgan fingerprint density at radius 2 is 2.07 bits per heavy atom. The second kappa shape index (κ2) is 5.01. The van der Waals surface area contributed by atoms with Crippen molar-refractivity contribution in [1.29, 1.82) is 0 Å². The second-order valence-corrected chi connectivity index (χ2v) is 3.35. The van der Waals surface area contributed by atoms with Crippen LogP contribution in [0.15, 0.2) is 0 Å². The van der Waals surface area contributed by atoms with Crippen molar-refractivity contribution in [3.05, 3.63) is 0 Å². The largest absolute Gasteiger partial charge is 0.394 e. The van der Waals surface area contributed by atoms with Crippen LogP contribution in [0.3, 0.4) is 0 Å². The van der Waals surface area contributed by atoms with Gasteiger partial charge in [0.05, 0.1) is 25.9 Å². The highest BCUT2D eigenvalue weighted by atomic mass is 16.7. The van der Waals surface area contributed by atoms with Crippen LogP contribution in [0.2, 0.25) is 0 Å². The molecule has 0 aromatic carbocycles. The molecule has 1 unspecified atom stereocenters. The maximum absolute atomic E-state index is 9.57. The highest BCUT2D eigenvalue weighted by molar-refractivity contribution is 4.82. The highest BCUT2D eigenvalue weighted by Crippen LogP contribution is 2.21. The third-order valence-electron chi connectivity index (χ3n) is 2.38. The maximum atomic E-state index is 9.57. The zero-order valence-electron chi connectivity index (χ0n) is 8.33. The van der Waals surface area contributed by atoms with E-state index in [-0.39, 0.29) is 13.0 Å². The smallest absolute Gasteiger partial charge is 0.159 e. The van der Waals surface area contributed by atoms with E-state index in [4.69, 9.17) is 14.7 Å². The summed E-state index contributed by atoms with van der Waals surface area (Å²) in [5, 5.41) is 29.2. The van der Waals surface area contributed by atoms with Crippen molar-refractivity contribution in [2.75, 3.05) is 20.8 Å². The summed E-state index contributed by atoms with van der Waals surface area (Å²) >= 11 is 0. The van der Waals surface area contributed by atoms with E-state index < -0.39 is 24.5 Å². The summed E-state index contributed by atoms with van der Waals surface area (Å²) in [5.74, 6) is 0. The Morgan fingerprint density at radius 1 is 1.43 bits per heavy atom. The summed E-state index contributed by atoms with van der Waals surface area (Å²) in [6.07, 6.45) is -2.81. The van der Waals surface area contributed by atoms with E-state index in [0.29, 0.717) is 0 Å². The minimum atomic E-state index is -0.837. The van der Waals surface area contributed by atoms with Crippen molar-refractivity contribution < 1.29 is 24.9 Å². The lowest BCUT2D eigenvalue weighted by Gasteiger charge is -2.39. The van der Waals surface area contributed by atoms with Gasteiger partial charge in [-0.2, -0.15) is 5.06 Å². The van der Waals surface area contributed by atoms with Gasteiger partial charge < -0.3 is 20.1 Å². The summed E-state index contributed by atoms with van der Waals surface area (Å²) < 4.78 is 5.26. The van der Waals surface area contributed by atoms with Crippen molar-refractivity contribution in [3.8, 4) is 0 Å². The van der Waals surface area contributed by atoms with E-state index >= 15 is 0 Å². The van der Waals surface area contributed by atoms with Gasteiger partial charge in [0.15, 0.2) is 6.23 Å². The summed E-state index contributed by atoms with van der Waals surface area (Å²) in [5.41, 5.74) is 0. The van der Waals surface area contributed by atoms with Gasteiger partial charge in [-0.25, -0.2) is 0 Å². The van der Waals surface area contributed by atoms with Crippen LogP contribution in [0.4, 0.5) is 0 Å². The van der Waals surface area contributed by atoms with Gasteiger partial charge in [-0.3, -0.25) is 4.84 Å². The molecule has 6 heteroatoms. The monoisotopic (exact) mass is 207 g/mol. The predicted molar refractivity (Wildman–Crippen MR) is 47.1 cm³/mol. The number of ether oxygens (including phenoxy) is 1. The van der Waals surface area contributed by atoms with E-state index in [1.165, 1.54) is 12.2 Å². The van der Waals surface area contributed by atoms with Crippen LogP contribution in [0, 0.1) is 0 Å². The van der Waals surface area contributed by atoms with Crippen LogP contribution in [-0.4, -0.2) is 65.7 Å². The summed E-state index contributed by atoms with van der Waals surface area (Å²) in [7, 11) is 3.06. The van der Waals surface area contributed by atoms with E-state index in [1.54, 1.807) is 7.05 Å². The number of aliphatic hydroxyl groups excluding tert-OH is 3. The zero-order valence-corrected chi connectivity index (χ0v) is 8.33. The Hall–Kier alpha value is -0.240. The highest BCUT2D eigenvalue weighted by Gasteiger charge is 2.38. The van der Waals surface area contributed by atoms with Crippen LogP contribution in [0.5, 0.6) is 0 Å². The fraction of sp³-hybridized carbons (Fsp3) is 1.00. The molecule has 1 heterocycles. The van der Waals surface area contributed by atoms with Gasteiger partial charge in [0.25, 0.3) is 0 Å². The van der Waals surface area contributed by atoms with Crippen molar-refractivity contribution in [2.24, 2.45) is 0 Å². The number of hydrogen-bond donors (Lipinski definition) is 3. The molecule has 0 saturated carbocycles. The number of hydrogen-bond acceptors (Lipinski definition) is 6. The molecule has 6 nitrogen and oxygen atoms in total. The summed E-state index contributed by atoms with van der Waals surface area (Å²) in [4.78, 5) is 4.87. The Balaban J connectivity index is 2.59. The first-order chi connectivity index (χ1) is 6.60. The Bertz CT molecular complexity index is 179. The number of likely N-dealkylation sites (N-methyl/N-ethyl adjacent to an activating group) is 1. The Kier molecular flexibility index (Phi) is 4.24. The number of hydroxylamine groups is 2. The van der Waals surface area contributed by atoms with Gasteiger partial charge in [-0.15, -0.1) is 0 Å². The van der Waals surface area contributed by atoms with Crippen LogP contribution in [0.1, 0.15) is 6.42 Å². The van der Waals surface area contributed by atoms with Crippen molar-refractivity contribution in [1.82, 2.24) is 5.06 Å². The van der Waals surface area contributed by atoms with Crippen LogP contribution in [0.25, 0.3) is 0 Å². The standard InChI is InChI=1S/C8H17NO5/c1-9(13-2)8-6(12)3-5(11)7(4-10)14-8/h5-8,10-12H,3-4H2,1-2H3/t5-,6-,7?,8+/m0/s1. The van der Waals surface area contributed by atoms with Gasteiger partial charge >= 0.3 is 0 Å². The molecule has 1 aliphatic rings. The van der Waals surface area contributed by atoms with Crippen molar-refractivity contribution in [3.63, 3.8) is 0 Å². The maximum Gasteiger partial charge on any atom is 0.159 e. The van der Waals surface area contributed by atoms with E-state index in [9.17, 15) is 10.2 Å². The van der Waals surface area contributed by atoms with Gasteiger partial charge in [-0.05, 0) is 0 Å².